The third-order valence-electron chi connectivity index (χ3n) is 2.60. The standard InChI is InChI=1S/C13H19N3O2/c1-3-5-14-7-12-10-18-13(15-12)16(2)8-11-4-6-17-9-11/h4,6,9-10,14H,3,5,7-8H2,1-2H3. The van der Waals surface area contributed by atoms with Gasteiger partial charge in [0.1, 0.15) is 6.26 Å². The van der Waals surface area contributed by atoms with E-state index in [1.807, 2.05) is 18.0 Å². The molecule has 2 aromatic rings. The molecular formula is C13H19N3O2. The largest absolute Gasteiger partial charge is 0.472 e. The fourth-order valence-corrected chi connectivity index (χ4v) is 1.67. The fraction of sp³-hybridized carbons (Fsp3) is 0.462. The number of hydrogen-bond donors (Lipinski definition) is 1. The molecule has 98 valence electrons. The van der Waals surface area contributed by atoms with Gasteiger partial charge in [-0.25, -0.2) is 0 Å². The summed E-state index contributed by atoms with van der Waals surface area (Å²) in [4.78, 5) is 6.38. The lowest BCUT2D eigenvalue weighted by Gasteiger charge is -2.12. The molecule has 0 aliphatic carbocycles. The first-order chi connectivity index (χ1) is 8.79. The molecule has 1 N–H and O–H groups in total. The normalized spacial score (nSPS) is 10.8. The lowest BCUT2D eigenvalue weighted by Crippen LogP contribution is -2.17. The first-order valence-electron chi connectivity index (χ1n) is 6.17. The first-order valence-corrected chi connectivity index (χ1v) is 6.17. The van der Waals surface area contributed by atoms with E-state index in [9.17, 15) is 0 Å². The second kappa shape index (κ2) is 6.26. The maximum atomic E-state index is 5.45. The van der Waals surface area contributed by atoms with Crippen molar-refractivity contribution >= 4 is 6.01 Å². The number of aromatic nitrogens is 1. The van der Waals surface area contributed by atoms with Crippen molar-refractivity contribution < 1.29 is 8.83 Å². The number of hydrogen-bond acceptors (Lipinski definition) is 5. The van der Waals surface area contributed by atoms with Crippen molar-refractivity contribution in [3.63, 3.8) is 0 Å². The smallest absolute Gasteiger partial charge is 0.297 e. The molecule has 18 heavy (non-hydrogen) atoms. The summed E-state index contributed by atoms with van der Waals surface area (Å²) in [5.74, 6) is 0. The summed E-state index contributed by atoms with van der Waals surface area (Å²) >= 11 is 0. The molecule has 0 aliphatic rings. The van der Waals surface area contributed by atoms with Gasteiger partial charge in [0.15, 0.2) is 0 Å². The highest BCUT2D eigenvalue weighted by Gasteiger charge is 2.09. The molecule has 0 aromatic carbocycles. The minimum atomic E-state index is 0.629. The third-order valence-corrected chi connectivity index (χ3v) is 2.60. The Balaban J connectivity index is 1.88. The van der Waals surface area contributed by atoms with E-state index in [2.05, 4.69) is 17.2 Å². The summed E-state index contributed by atoms with van der Waals surface area (Å²) < 4.78 is 10.5. The van der Waals surface area contributed by atoms with Crippen LogP contribution in [0.1, 0.15) is 24.6 Å². The van der Waals surface area contributed by atoms with Crippen LogP contribution in [0.5, 0.6) is 0 Å². The summed E-state index contributed by atoms with van der Waals surface area (Å²) in [5, 5.41) is 3.29. The monoisotopic (exact) mass is 249 g/mol. The SMILES string of the molecule is CCCNCc1coc(N(C)Cc2ccoc2)n1. The fourth-order valence-electron chi connectivity index (χ4n) is 1.67. The van der Waals surface area contributed by atoms with Crippen LogP contribution in [-0.4, -0.2) is 18.6 Å². The lowest BCUT2D eigenvalue weighted by atomic mass is 10.3. The van der Waals surface area contributed by atoms with Gasteiger partial charge in [0.2, 0.25) is 0 Å². The average molecular weight is 249 g/mol. The van der Waals surface area contributed by atoms with Crippen molar-refractivity contribution in [1.29, 1.82) is 0 Å². The van der Waals surface area contributed by atoms with Crippen LogP contribution in [0, 0.1) is 0 Å². The minimum absolute atomic E-state index is 0.629. The second-order valence-electron chi connectivity index (χ2n) is 4.29. The Hall–Kier alpha value is -1.75. The van der Waals surface area contributed by atoms with Gasteiger partial charge in [-0.05, 0) is 19.0 Å². The van der Waals surface area contributed by atoms with E-state index in [0.29, 0.717) is 6.01 Å². The molecule has 0 atom stereocenters. The topological polar surface area (TPSA) is 54.4 Å². The molecule has 0 spiro atoms. The van der Waals surface area contributed by atoms with Gasteiger partial charge in [-0.1, -0.05) is 6.92 Å². The minimum Gasteiger partial charge on any atom is -0.472 e. The number of anilines is 1. The summed E-state index contributed by atoms with van der Waals surface area (Å²) in [6.07, 6.45) is 6.21. The number of nitrogens with one attached hydrogen (secondary N) is 1. The van der Waals surface area contributed by atoms with Crippen LogP contribution in [0.4, 0.5) is 6.01 Å². The number of nitrogens with zero attached hydrogens (tertiary/aromatic N) is 2. The molecule has 0 saturated heterocycles. The van der Waals surface area contributed by atoms with E-state index in [1.54, 1.807) is 18.8 Å². The van der Waals surface area contributed by atoms with Gasteiger partial charge in [0.25, 0.3) is 6.01 Å². The van der Waals surface area contributed by atoms with Crippen LogP contribution >= 0.6 is 0 Å². The van der Waals surface area contributed by atoms with Crippen LogP contribution in [0.3, 0.4) is 0 Å². The van der Waals surface area contributed by atoms with Crippen LogP contribution in [0.25, 0.3) is 0 Å². The molecule has 5 nitrogen and oxygen atoms in total. The lowest BCUT2D eigenvalue weighted by molar-refractivity contribution is 0.539. The molecule has 0 bridgehead atoms. The first kappa shape index (κ1) is 12.7. The highest BCUT2D eigenvalue weighted by molar-refractivity contribution is 5.27. The Kier molecular flexibility index (Phi) is 4.41. The maximum Gasteiger partial charge on any atom is 0.297 e. The van der Waals surface area contributed by atoms with Gasteiger partial charge in [-0.2, -0.15) is 4.98 Å². The van der Waals surface area contributed by atoms with E-state index < -0.39 is 0 Å². The Morgan fingerprint density at radius 3 is 3.00 bits per heavy atom. The predicted octanol–water partition coefficient (Wildman–Crippen LogP) is 2.40. The van der Waals surface area contributed by atoms with E-state index >= 15 is 0 Å². The van der Waals surface area contributed by atoms with Crippen molar-refractivity contribution in [3.05, 3.63) is 36.1 Å². The molecule has 0 amide bonds. The van der Waals surface area contributed by atoms with Gasteiger partial charge in [0, 0.05) is 19.2 Å². The van der Waals surface area contributed by atoms with Crippen LogP contribution in [0.2, 0.25) is 0 Å². The zero-order valence-corrected chi connectivity index (χ0v) is 10.8. The van der Waals surface area contributed by atoms with E-state index in [4.69, 9.17) is 8.83 Å². The van der Waals surface area contributed by atoms with Crippen molar-refractivity contribution in [1.82, 2.24) is 10.3 Å². The summed E-state index contributed by atoms with van der Waals surface area (Å²) in [7, 11) is 1.95. The summed E-state index contributed by atoms with van der Waals surface area (Å²) in [6.45, 7) is 4.60. The van der Waals surface area contributed by atoms with Crippen molar-refractivity contribution in [2.24, 2.45) is 0 Å². The molecule has 2 heterocycles. The van der Waals surface area contributed by atoms with E-state index in [1.165, 1.54) is 0 Å². The molecule has 0 aliphatic heterocycles. The molecule has 2 rings (SSSR count). The summed E-state index contributed by atoms with van der Waals surface area (Å²) in [5.41, 5.74) is 2.03. The zero-order chi connectivity index (χ0) is 12.8. The van der Waals surface area contributed by atoms with Crippen LogP contribution in [-0.2, 0) is 13.1 Å². The molecular weight excluding hydrogens is 230 g/mol. The van der Waals surface area contributed by atoms with Crippen molar-refractivity contribution in [3.8, 4) is 0 Å². The molecule has 5 heteroatoms. The van der Waals surface area contributed by atoms with Gasteiger partial charge in [-0.15, -0.1) is 0 Å². The van der Waals surface area contributed by atoms with Crippen LogP contribution in [0.15, 0.2) is 33.7 Å². The van der Waals surface area contributed by atoms with E-state index in [0.717, 1.165) is 37.3 Å². The average Bonchev–Trinajstić information content (AvgIpc) is 3.00. The number of oxazole rings is 1. The van der Waals surface area contributed by atoms with Crippen molar-refractivity contribution in [2.75, 3.05) is 18.5 Å². The molecule has 0 saturated carbocycles. The van der Waals surface area contributed by atoms with E-state index in [-0.39, 0.29) is 0 Å². The number of rotatable bonds is 7. The Bertz CT molecular complexity index is 451. The van der Waals surface area contributed by atoms with Gasteiger partial charge >= 0.3 is 0 Å². The molecule has 0 radical (unpaired) electrons. The zero-order valence-electron chi connectivity index (χ0n) is 10.8. The highest BCUT2D eigenvalue weighted by atomic mass is 16.4. The Labute approximate surface area is 107 Å². The maximum absolute atomic E-state index is 5.45. The quantitative estimate of drug-likeness (QED) is 0.764. The second-order valence-corrected chi connectivity index (χ2v) is 4.29. The summed E-state index contributed by atoms with van der Waals surface area (Å²) in [6, 6.07) is 2.56. The van der Waals surface area contributed by atoms with Gasteiger partial charge in [0.05, 0.1) is 24.8 Å². The Morgan fingerprint density at radius 2 is 2.28 bits per heavy atom. The highest BCUT2D eigenvalue weighted by Crippen LogP contribution is 2.15. The van der Waals surface area contributed by atoms with Gasteiger partial charge < -0.3 is 19.1 Å². The van der Waals surface area contributed by atoms with Gasteiger partial charge in [-0.3, -0.25) is 0 Å². The molecule has 2 aromatic heterocycles. The van der Waals surface area contributed by atoms with Crippen molar-refractivity contribution in [2.45, 2.75) is 26.4 Å². The molecule has 0 fully saturated rings. The number of furan rings is 1. The predicted molar refractivity (Wildman–Crippen MR) is 69.3 cm³/mol. The Morgan fingerprint density at radius 1 is 1.39 bits per heavy atom. The van der Waals surface area contributed by atoms with Crippen LogP contribution < -0.4 is 10.2 Å². The third kappa shape index (κ3) is 3.37. The molecule has 0 unspecified atom stereocenters.